The van der Waals surface area contributed by atoms with E-state index in [1.807, 2.05) is 0 Å². The van der Waals surface area contributed by atoms with Crippen LogP contribution in [-0.4, -0.2) is 6.54 Å². The van der Waals surface area contributed by atoms with Crippen LogP contribution in [0.3, 0.4) is 0 Å². The van der Waals surface area contributed by atoms with Crippen molar-refractivity contribution in [3.05, 3.63) is 28.2 Å². The first-order valence-corrected chi connectivity index (χ1v) is 5.49. The number of rotatable bonds is 1. The van der Waals surface area contributed by atoms with Gasteiger partial charge in [0, 0.05) is 16.4 Å². The zero-order chi connectivity index (χ0) is 9.47. The zero-order valence-corrected chi connectivity index (χ0v) is 9.61. The Labute approximate surface area is 87.7 Å². The summed E-state index contributed by atoms with van der Waals surface area (Å²) in [7, 11) is 0. The van der Waals surface area contributed by atoms with Gasteiger partial charge in [0.15, 0.2) is 0 Å². The molecule has 0 radical (unpaired) electrons. The normalized spacial score (nSPS) is 25.5. The molecule has 0 saturated carbocycles. The van der Waals surface area contributed by atoms with Gasteiger partial charge in [0.25, 0.3) is 0 Å². The first kappa shape index (κ1) is 9.07. The minimum absolute atomic E-state index is 0.319. The molecule has 0 bridgehead atoms. The highest BCUT2D eigenvalue weighted by Gasteiger charge is 2.33. The van der Waals surface area contributed by atoms with Gasteiger partial charge in [-0.1, -0.05) is 26.0 Å². The molecule has 0 fully saturated rings. The highest BCUT2D eigenvalue weighted by molar-refractivity contribution is 9.10. The number of benzene rings is 1. The van der Waals surface area contributed by atoms with Gasteiger partial charge in [0.05, 0.1) is 5.69 Å². The lowest BCUT2D eigenvalue weighted by molar-refractivity contribution is 0.504. The largest absolute Gasteiger partial charge is 0.383 e. The van der Waals surface area contributed by atoms with Crippen LogP contribution in [-0.2, 0) is 5.41 Å². The minimum atomic E-state index is 0.319. The average Bonchev–Trinajstić information content (AvgIpc) is 2.47. The van der Waals surface area contributed by atoms with E-state index in [1.165, 1.54) is 22.1 Å². The fraction of sp³-hybridized carbons (Fsp3) is 0.455. The molecule has 70 valence electrons. The van der Waals surface area contributed by atoms with Crippen LogP contribution >= 0.6 is 15.9 Å². The van der Waals surface area contributed by atoms with E-state index >= 15 is 0 Å². The minimum Gasteiger partial charge on any atom is -0.383 e. The first-order chi connectivity index (χ1) is 6.17. The first-order valence-electron chi connectivity index (χ1n) is 4.70. The van der Waals surface area contributed by atoms with Gasteiger partial charge in [-0.2, -0.15) is 0 Å². The van der Waals surface area contributed by atoms with Crippen molar-refractivity contribution in [2.75, 3.05) is 11.9 Å². The summed E-state index contributed by atoms with van der Waals surface area (Å²) in [5, 5.41) is 3.46. The van der Waals surface area contributed by atoms with Crippen molar-refractivity contribution in [2.45, 2.75) is 25.7 Å². The summed E-state index contributed by atoms with van der Waals surface area (Å²) in [4.78, 5) is 0. The Hall–Kier alpha value is -0.500. The SMILES string of the molecule is CC[C@]1(C)CNc2c(Br)cccc21. The van der Waals surface area contributed by atoms with Crippen molar-refractivity contribution >= 4 is 21.6 Å². The van der Waals surface area contributed by atoms with Gasteiger partial charge >= 0.3 is 0 Å². The molecule has 1 nitrogen and oxygen atoms in total. The molecule has 1 aromatic rings. The predicted octanol–water partition coefficient (Wildman–Crippen LogP) is 3.54. The summed E-state index contributed by atoms with van der Waals surface area (Å²) in [5.41, 5.74) is 3.05. The smallest absolute Gasteiger partial charge is 0.0523 e. The quantitative estimate of drug-likeness (QED) is 0.791. The Morgan fingerprint density at radius 2 is 2.31 bits per heavy atom. The number of fused-ring (bicyclic) bond motifs is 1. The molecule has 0 saturated heterocycles. The van der Waals surface area contributed by atoms with Crippen LogP contribution in [0.4, 0.5) is 5.69 Å². The molecule has 0 aromatic heterocycles. The zero-order valence-electron chi connectivity index (χ0n) is 8.02. The number of anilines is 1. The lowest BCUT2D eigenvalue weighted by atomic mass is 9.82. The molecule has 2 rings (SSSR count). The maximum absolute atomic E-state index is 3.57. The molecule has 1 aromatic carbocycles. The molecule has 1 N–H and O–H groups in total. The molecular formula is C11H14BrN. The van der Waals surface area contributed by atoms with Crippen LogP contribution in [0, 0.1) is 0 Å². The van der Waals surface area contributed by atoms with E-state index < -0.39 is 0 Å². The van der Waals surface area contributed by atoms with E-state index in [-0.39, 0.29) is 0 Å². The van der Waals surface area contributed by atoms with Gasteiger partial charge in [0.2, 0.25) is 0 Å². The number of hydrogen-bond acceptors (Lipinski definition) is 1. The Morgan fingerprint density at radius 3 is 3.00 bits per heavy atom. The van der Waals surface area contributed by atoms with Crippen molar-refractivity contribution in [3.8, 4) is 0 Å². The Balaban J connectivity index is 2.55. The monoisotopic (exact) mass is 239 g/mol. The third-order valence-electron chi connectivity index (χ3n) is 3.10. The number of halogens is 1. The van der Waals surface area contributed by atoms with E-state index in [9.17, 15) is 0 Å². The van der Waals surface area contributed by atoms with Gasteiger partial charge in [-0.3, -0.25) is 0 Å². The Kier molecular flexibility index (Phi) is 2.11. The van der Waals surface area contributed by atoms with Crippen molar-refractivity contribution in [2.24, 2.45) is 0 Å². The van der Waals surface area contributed by atoms with Crippen molar-refractivity contribution in [1.29, 1.82) is 0 Å². The molecule has 0 aliphatic carbocycles. The summed E-state index contributed by atoms with van der Waals surface area (Å²) in [5.74, 6) is 0. The molecule has 0 amide bonds. The van der Waals surface area contributed by atoms with Crippen LogP contribution in [0.2, 0.25) is 0 Å². The molecule has 0 unspecified atom stereocenters. The number of nitrogens with one attached hydrogen (secondary N) is 1. The summed E-state index contributed by atoms with van der Waals surface area (Å²) in [6, 6.07) is 6.43. The summed E-state index contributed by atoms with van der Waals surface area (Å²) >= 11 is 3.57. The third-order valence-corrected chi connectivity index (χ3v) is 3.76. The van der Waals surface area contributed by atoms with Gasteiger partial charge in [-0.05, 0) is 34.0 Å². The maximum atomic E-state index is 3.57. The molecular weight excluding hydrogens is 226 g/mol. The van der Waals surface area contributed by atoms with Crippen LogP contribution in [0.5, 0.6) is 0 Å². The fourth-order valence-electron chi connectivity index (χ4n) is 1.90. The van der Waals surface area contributed by atoms with Crippen LogP contribution in [0.1, 0.15) is 25.8 Å². The van der Waals surface area contributed by atoms with Gasteiger partial charge in [-0.15, -0.1) is 0 Å². The molecule has 2 heteroatoms. The molecule has 1 heterocycles. The molecule has 13 heavy (non-hydrogen) atoms. The standard InChI is InChI=1S/C11H14BrN/c1-3-11(2)7-13-10-8(11)5-4-6-9(10)12/h4-6,13H,3,7H2,1-2H3/t11-/m1/s1. The molecule has 1 aliphatic rings. The Bertz CT molecular complexity index is 335. The highest BCUT2D eigenvalue weighted by Crippen LogP contribution is 2.42. The van der Waals surface area contributed by atoms with Crippen LogP contribution in [0.15, 0.2) is 22.7 Å². The second-order valence-electron chi connectivity index (χ2n) is 3.93. The van der Waals surface area contributed by atoms with Crippen molar-refractivity contribution in [3.63, 3.8) is 0 Å². The number of hydrogen-bond donors (Lipinski definition) is 1. The summed E-state index contributed by atoms with van der Waals surface area (Å²) in [6.45, 7) is 5.62. The van der Waals surface area contributed by atoms with Gasteiger partial charge < -0.3 is 5.32 Å². The highest BCUT2D eigenvalue weighted by atomic mass is 79.9. The van der Waals surface area contributed by atoms with E-state index in [1.54, 1.807) is 0 Å². The van der Waals surface area contributed by atoms with E-state index in [0.29, 0.717) is 5.41 Å². The Morgan fingerprint density at radius 1 is 1.54 bits per heavy atom. The second-order valence-corrected chi connectivity index (χ2v) is 4.78. The lowest BCUT2D eigenvalue weighted by Gasteiger charge is -2.21. The molecule has 1 aliphatic heterocycles. The van der Waals surface area contributed by atoms with Crippen molar-refractivity contribution in [1.82, 2.24) is 0 Å². The van der Waals surface area contributed by atoms with E-state index in [0.717, 1.165) is 6.54 Å². The third kappa shape index (κ3) is 1.28. The van der Waals surface area contributed by atoms with Crippen molar-refractivity contribution < 1.29 is 0 Å². The van der Waals surface area contributed by atoms with Gasteiger partial charge in [-0.25, -0.2) is 0 Å². The fourth-order valence-corrected chi connectivity index (χ4v) is 2.41. The molecule has 0 spiro atoms. The number of para-hydroxylation sites is 1. The lowest BCUT2D eigenvalue weighted by Crippen LogP contribution is -2.22. The predicted molar refractivity (Wildman–Crippen MR) is 60.3 cm³/mol. The summed E-state index contributed by atoms with van der Waals surface area (Å²) < 4.78 is 1.18. The van der Waals surface area contributed by atoms with Gasteiger partial charge in [0.1, 0.15) is 0 Å². The van der Waals surface area contributed by atoms with Crippen LogP contribution < -0.4 is 5.32 Å². The average molecular weight is 240 g/mol. The second kappa shape index (κ2) is 3.02. The molecule has 1 atom stereocenters. The topological polar surface area (TPSA) is 12.0 Å². The van der Waals surface area contributed by atoms with Crippen LogP contribution in [0.25, 0.3) is 0 Å². The van der Waals surface area contributed by atoms with E-state index in [4.69, 9.17) is 0 Å². The summed E-state index contributed by atoms with van der Waals surface area (Å²) in [6.07, 6.45) is 1.18. The maximum Gasteiger partial charge on any atom is 0.0523 e. The van der Waals surface area contributed by atoms with E-state index in [2.05, 4.69) is 53.3 Å².